The number of rotatable bonds is 4. The summed E-state index contributed by atoms with van der Waals surface area (Å²) in [6.07, 6.45) is 1.23. The second-order valence-electron chi connectivity index (χ2n) is 6.24. The van der Waals surface area contributed by atoms with Crippen LogP contribution >= 0.6 is 0 Å². The van der Waals surface area contributed by atoms with Crippen molar-refractivity contribution >= 4 is 17.5 Å². The van der Waals surface area contributed by atoms with Crippen molar-refractivity contribution in [2.45, 2.75) is 20.3 Å². The first-order chi connectivity index (χ1) is 9.95. The number of carbonyl (C=O) groups is 2. The Labute approximate surface area is 125 Å². The molecule has 2 rings (SSSR count). The first-order valence-electron chi connectivity index (χ1n) is 7.48. The Bertz CT molecular complexity index is 520. The number of amides is 2. The third-order valence-electron chi connectivity index (χ3n) is 3.96. The van der Waals surface area contributed by atoms with Gasteiger partial charge in [-0.3, -0.25) is 9.59 Å². The summed E-state index contributed by atoms with van der Waals surface area (Å²) in [6, 6.07) is 6.83. The molecule has 1 aliphatic heterocycles. The van der Waals surface area contributed by atoms with E-state index in [1.807, 2.05) is 0 Å². The largest absolute Gasteiger partial charge is 0.366 e. The van der Waals surface area contributed by atoms with Gasteiger partial charge in [0.25, 0.3) is 11.8 Å². The molecule has 21 heavy (non-hydrogen) atoms. The Morgan fingerprint density at radius 3 is 2.48 bits per heavy atom. The molecule has 1 heterocycles. The molecule has 114 valence electrons. The van der Waals surface area contributed by atoms with Gasteiger partial charge in [0.15, 0.2) is 6.54 Å². The predicted octanol–water partition coefficient (Wildman–Crippen LogP) is 0.285. The van der Waals surface area contributed by atoms with Crippen LogP contribution in [0.25, 0.3) is 0 Å². The van der Waals surface area contributed by atoms with Crippen LogP contribution in [-0.4, -0.2) is 31.4 Å². The normalized spacial score (nSPS) is 25.3. The Hall–Kier alpha value is -1.88. The summed E-state index contributed by atoms with van der Waals surface area (Å²) in [7, 11) is 0. The molecule has 0 saturated carbocycles. The van der Waals surface area contributed by atoms with Gasteiger partial charge in [0.1, 0.15) is 0 Å². The molecule has 5 heteroatoms. The summed E-state index contributed by atoms with van der Waals surface area (Å²) in [5.41, 5.74) is 6.16. The van der Waals surface area contributed by atoms with Crippen molar-refractivity contribution in [3.8, 4) is 0 Å². The van der Waals surface area contributed by atoms with Gasteiger partial charge in [-0.25, -0.2) is 0 Å². The number of benzene rings is 1. The number of nitrogens with two attached hydrogens (primary N) is 1. The highest BCUT2D eigenvalue weighted by atomic mass is 16.2. The van der Waals surface area contributed by atoms with Crippen molar-refractivity contribution in [1.29, 1.82) is 0 Å². The van der Waals surface area contributed by atoms with E-state index < -0.39 is 5.91 Å². The van der Waals surface area contributed by atoms with Gasteiger partial charge in [0.2, 0.25) is 0 Å². The van der Waals surface area contributed by atoms with E-state index in [1.54, 1.807) is 24.3 Å². The molecule has 1 aliphatic rings. The molecule has 1 fully saturated rings. The highest BCUT2D eigenvalue weighted by molar-refractivity contribution is 6.03. The molecule has 2 amide bonds. The molecule has 1 aromatic carbocycles. The van der Waals surface area contributed by atoms with Crippen molar-refractivity contribution in [2.75, 3.05) is 25.0 Å². The van der Waals surface area contributed by atoms with Gasteiger partial charge in [0, 0.05) is 11.8 Å². The Kier molecular flexibility index (Phi) is 4.96. The van der Waals surface area contributed by atoms with Crippen LogP contribution < -0.4 is 16.0 Å². The predicted molar refractivity (Wildman–Crippen MR) is 82.1 cm³/mol. The average molecular weight is 290 g/mol. The van der Waals surface area contributed by atoms with E-state index in [1.165, 1.54) is 11.3 Å². The lowest BCUT2D eigenvalue weighted by atomic mass is 9.92. The Morgan fingerprint density at radius 2 is 1.86 bits per heavy atom. The van der Waals surface area contributed by atoms with Crippen molar-refractivity contribution in [2.24, 2.45) is 17.6 Å². The van der Waals surface area contributed by atoms with Crippen molar-refractivity contribution in [3.63, 3.8) is 0 Å². The first-order valence-corrected chi connectivity index (χ1v) is 7.48. The third kappa shape index (κ3) is 4.29. The Morgan fingerprint density at radius 1 is 1.24 bits per heavy atom. The van der Waals surface area contributed by atoms with Crippen LogP contribution in [-0.2, 0) is 4.79 Å². The number of para-hydroxylation sites is 1. The van der Waals surface area contributed by atoms with E-state index in [0.717, 1.165) is 13.1 Å². The number of anilines is 1. The van der Waals surface area contributed by atoms with Crippen LogP contribution in [0.1, 0.15) is 30.6 Å². The smallest absolute Gasteiger partial charge is 0.279 e. The maximum Gasteiger partial charge on any atom is 0.279 e. The third-order valence-corrected chi connectivity index (χ3v) is 3.96. The van der Waals surface area contributed by atoms with Gasteiger partial charge < -0.3 is 16.0 Å². The van der Waals surface area contributed by atoms with Crippen LogP contribution in [0.3, 0.4) is 0 Å². The lowest BCUT2D eigenvalue weighted by molar-refractivity contribution is -0.904. The van der Waals surface area contributed by atoms with Gasteiger partial charge in [-0.05, 0) is 18.6 Å². The van der Waals surface area contributed by atoms with Gasteiger partial charge in [-0.2, -0.15) is 0 Å². The molecule has 1 saturated heterocycles. The van der Waals surface area contributed by atoms with E-state index in [0.29, 0.717) is 29.6 Å². The summed E-state index contributed by atoms with van der Waals surface area (Å²) in [5.74, 6) is 0.697. The fraction of sp³-hybridized carbons (Fsp3) is 0.500. The summed E-state index contributed by atoms with van der Waals surface area (Å²) in [4.78, 5) is 24.8. The van der Waals surface area contributed by atoms with Crippen LogP contribution in [0.15, 0.2) is 24.3 Å². The highest BCUT2D eigenvalue weighted by Gasteiger charge is 2.26. The number of quaternary nitrogens is 1. The Balaban J connectivity index is 1.97. The van der Waals surface area contributed by atoms with Crippen molar-refractivity contribution < 1.29 is 14.5 Å². The van der Waals surface area contributed by atoms with Crippen LogP contribution in [0.2, 0.25) is 0 Å². The minimum Gasteiger partial charge on any atom is -0.366 e. The molecule has 1 unspecified atom stereocenters. The standard InChI is InChI=1S/C16H23N3O2/c1-11-7-12(2)9-19(8-11)10-15(20)18-14-6-4-3-5-13(14)16(17)21/h3-6,11-12H,7-10H2,1-2H3,(H2,17,21)(H,18,20)/p+1/t11-,12+. The summed E-state index contributed by atoms with van der Waals surface area (Å²) in [6.45, 7) is 6.94. The zero-order valence-corrected chi connectivity index (χ0v) is 12.7. The van der Waals surface area contributed by atoms with Crippen molar-refractivity contribution in [3.05, 3.63) is 29.8 Å². The average Bonchev–Trinajstić information content (AvgIpc) is 2.37. The van der Waals surface area contributed by atoms with E-state index in [2.05, 4.69) is 19.2 Å². The topological polar surface area (TPSA) is 76.6 Å². The van der Waals surface area contributed by atoms with Crippen LogP contribution in [0.5, 0.6) is 0 Å². The maximum absolute atomic E-state index is 12.2. The minimum absolute atomic E-state index is 0.0694. The lowest BCUT2D eigenvalue weighted by Gasteiger charge is -2.31. The molecule has 4 N–H and O–H groups in total. The number of nitrogens with one attached hydrogen (secondary N) is 2. The fourth-order valence-corrected chi connectivity index (χ4v) is 3.30. The van der Waals surface area contributed by atoms with Crippen LogP contribution in [0.4, 0.5) is 5.69 Å². The molecule has 0 aromatic heterocycles. The van der Waals surface area contributed by atoms with Gasteiger partial charge in [-0.1, -0.05) is 26.0 Å². The second-order valence-corrected chi connectivity index (χ2v) is 6.24. The monoisotopic (exact) mass is 290 g/mol. The molecule has 0 spiro atoms. The molecule has 0 bridgehead atoms. The van der Waals surface area contributed by atoms with E-state index >= 15 is 0 Å². The first kappa shape index (κ1) is 15.5. The number of primary amides is 1. The summed E-state index contributed by atoms with van der Waals surface area (Å²) >= 11 is 0. The zero-order chi connectivity index (χ0) is 15.4. The van der Waals surface area contributed by atoms with Gasteiger partial charge in [-0.15, -0.1) is 0 Å². The molecule has 3 atom stereocenters. The second kappa shape index (κ2) is 6.72. The van der Waals surface area contributed by atoms with Crippen LogP contribution in [0, 0.1) is 11.8 Å². The number of hydrogen-bond donors (Lipinski definition) is 3. The van der Waals surface area contributed by atoms with Gasteiger partial charge >= 0.3 is 0 Å². The molecular formula is C16H24N3O2+. The summed E-state index contributed by atoms with van der Waals surface area (Å²) in [5, 5.41) is 2.81. The van der Waals surface area contributed by atoms with Gasteiger partial charge in [0.05, 0.1) is 24.3 Å². The highest BCUT2D eigenvalue weighted by Crippen LogP contribution is 2.14. The summed E-state index contributed by atoms with van der Waals surface area (Å²) < 4.78 is 0. The number of carbonyl (C=O) groups excluding carboxylic acids is 2. The molecule has 5 nitrogen and oxygen atoms in total. The lowest BCUT2D eigenvalue weighted by Crippen LogP contribution is -3.15. The molecule has 1 aromatic rings. The number of hydrogen-bond acceptors (Lipinski definition) is 2. The molecule has 0 radical (unpaired) electrons. The molecule has 0 aliphatic carbocycles. The quantitative estimate of drug-likeness (QED) is 0.745. The number of likely N-dealkylation sites (tertiary alicyclic amines) is 1. The number of piperidine rings is 1. The fourth-order valence-electron chi connectivity index (χ4n) is 3.30. The van der Waals surface area contributed by atoms with E-state index in [-0.39, 0.29) is 5.91 Å². The zero-order valence-electron chi connectivity index (χ0n) is 12.7. The minimum atomic E-state index is -0.529. The van der Waals surface area contributed by atoms with Crippen molar-refractivity contribution in [1.82, 2.24) is 0 Å². The maximum atomic E-state index is 12.2. The SMILES string of the molecule is C[C@@H]1C[C@H](C)C[NH+](CC(=O)Nc2ccccc2C(N)=O)C1. The van der Waals surface area contributed by atoms with E-state index in [9.17, 15) is 9.59 Å². The van der Waals surface area contributed by atoms with E-state index in [4.69, 9.17) is 5.73 Å². The molecular weight excluding hydrogens is 266 g/mol.